The van der Waals surface area contributed by atoms with Crippen molar-refractivity contribution in [3.8, 4) is 0 Å². The summed E-state index contributed by atoms with van der Waals surface area (Å²) in [7, 11) is 1.36. The number of hydrogen-bond acceptors (Lipinski definition) is 3. The van der Waals surface area contributed by atoms with Crippen LogP contribution in [-0.4, -0.2) is 18.1 Å². The number of halogens is 2. The molecule has 3 nitrogen and oxygen atoms in total. The quantitative estimate of drug-likeness (QED) is 0.605. The molecule has 0 aliphatic heterocycles. The van der Waals surface area contributed by atoms with E-state index in [9.17, 15) is 4.79 Å². The highest BCUT2D eigenvalue weighted by Crippen LogP contribution is 2.32. The van der Waals surface area contributed by atoms with Crippen LogP contribution in [0.4, 0.5) is 0 Å². The molecule has 88 valence electrons. The minimum Gasteiger partial charge on any atom is -0.465 e. The van der Waals surface area contributed by atoms with E-state index in [0.717, 1.165) is 10.9 Å². The molecule has 1 aromatic carbocycles. The van der Waals surface area contributed by atoms with Gasteiger partial charge in [-0.05, 0) is 12.1 Å². The molecule has 1 heterocycles. The van der Waals surface area contributed by atoms with Gasteiger partial charge < -0.3 is 4.74 Å². The van der Waals surface area contributed by atoms with Crippen molar-refractivity contribution in [2.45, 2.75) is 3.74 Å². The van der Waals surface area contributed by atoms with Crippen LogP contribution in [0.25, 0.3) is 10.9 Å². The number of pyridine rings is 1. The smallest absolute Gasteiger partial charge is 0.339 e. The lowest BCUT2D eigenvalue weighted by atomic mass is 10.1. The molecule has 0 atom stereocenters. The van der Waals surface area contributed by atoms with Crippen molar-refractivity contribution in [3.63, 3.8) is 0 Å². The topological polar surface area (TPSA) is 39.2 Å². The molecule has 0 aliphatic rings. The molecule has 0 saturated heterocycles. The predicted octanol–water partition coefficient (Wildman–Crippen LogP) is 3.81. The van der Waals surface area contributed by atoms with Gasteiger partial charge in [0.15, 0.2) is 0 Å². The number of benzene rings is 1. The van der Waals surface area contributed by atoms with Gasteiger partial charge in [0.1, 0.15) is 3.74 Å². The van der Waals surface area contributed by atoms with Crippen LogP contribution in [0.2, 0.25) is 0 Å². The highest BCUT2D eigenvalue weighted by molar-refractivity contribution is 9.24. The number of aromatic nitrogens is 1. The van der Waals surface area contributed by atoms with Gasteiger partial charge >= 0.3 is 5.97 Å². The van der Waals surface area contributed by atoms with Crippen LogP contribution in [0.15, 0.2) is 30.3 Å². The van der Waals surface area contributed by atoms with Gasteiger partial charge in [-0.3, -0.25) is 0 Å². The van der Waals surface area contributed by atoms with Gasteiger partial charge in [0.2, 0.25) is 0 Å². The lowest BCUT2D eigenvalue weighted by molar-refractivity contribution is 0.0599. The standard InChI is InChI=1S/C12H9Br2NO2/c1-17-12(16)8-6-7-4-2-3-5-9(7)15-10(8)11(13)14/h2-6,11H,1H3. The van der Waals surface area contributed by atoms with E-state index in [1.54, 1.807) is 6.07 Å². The van der Waals surface area contributed by atoms with E-state index in [2.05, 4.69) is 36.8 Å². The van der Waals surface area contributed by atoms with Crippen molar-refractivity contribution in [3.05, 3.63) is 41.6 Å². The van der Waals surface area contributed by atoms with E-state index in [1.807, 2.05) is 24.3 Å². The fourth-order valence-electron chi connectivity index (χ4n) is 1.57. The molecule has 1 aromatic heterocycles. The first-order valence-corrected chi connectivity index (χ1v) is 6.72. The third-order valence-electron chi connectivity index (χ3n) is 2.37. The summed E-state index contributed by atoms with van der Waals surface area (Å²) in [6, 6.07) is 9.43. The van der Waals surface area contributed by atoms with Crippen LogP contribution in [-0.2, 0) is 4.74 Å². The van der Waals surface area contributed by atoms with E-state index in [4.69, 9.17) is 4.74 Å². The van der Waals surface area contributed by atoms with E-state index in [0.29, 0.717) is 11.3 Å². The molecule has 0 fully saturated rings. The molecule has 0 bridgehead atoms. The summed E-state index contributed by atoms with van der Waals surface area (Å²) in [6.07, 6.45) is 0. The Balaban J connectivity index is 2.70. The fourth-order valence-corrected chi connectivity index (χ4v) is 2.27. The highest BCUT2D eigenvalue weighted by atomic mass is 79.9. The van der Waals surface area contributed by atoms with Crippen molar-refractivity contribution in [1.29, 1.82) is 0 Å². The first-order chi connectivity index (χ1) is 8.13. The molecule has 0 N–H and O–H groups in total. The second-order valence-electron chi connectivity index (χ2n) is 3.41. The van der Waals surface area contributed by atoms with E-state index in [1.165, 1.54) is 7.11 Å². The minimum absolute atomic E-state index is 0.186. The zero-order chi connectivity index (χ0) is 12.4. The largest absolute Gasteiger partial charge is 0.465 e. The van der Waals surface area contributed by atoms with Gasteiger partial charge in [-0.2, -0.15) is 0 Å². The van der Waals surface area contributed by atoms with Gasteiger partial charge in [0.25, 0.3) is 0 Å². The van der Waals surface area contributed by atoms with E-state index < -0.39 is 0 Å². The van der Waals surface area contributed by atoms with E-state index in [-0.39, 0.29) is 9.71 Å². The third kappa shape index (κ3) is 2.50. The molecule has 0 aliphatic carbocycles. The number of alkyl halides is 2. The number of carbonyl (C=O) groups is 1. The van der Waals surface area contributed by atoms with Crippen molar-refractivity contribution < 1.29 is 9.53 Å². The van der Waals surface area contributed by atoms with Gasteiger partial charge in [0, 0.05) is 5.39 Å². The summed E-state index contributed by atoms with van der Waals surface area (Å²) in [5, 5.41) is 0.914. The van der Waals surface area contributed by atoms with Crippen LogP contribution in [0.1, 0.15) is 19.8 Å². The van der Waals surface area contributed by atoms with Gasteiger partial charge in [-0.15, -0.1) is 0 Å². The molecular weight excluding hydrogens is 350 g/mol. The summed E-state index contributed by atoms with van der Waals surface area (Å²) in [6.45, 7) is 0. The summed E-state index contributed by atoms with van der Waals surface area (Å²) in [5.41, 5.74) is 1.93. The molecule has 0 unspecified atom stereocenters. The zero-order valence-corrected chi connectivity index (χ0v) is 12.2. The van der Waals surface area contributed by atoms with Crippen molar-refractivity contribution in [2.24, 2.45) is 0 Å². The Kier molecular flexibility index (Phi) is 3.79. The monoisotopic (exact) mass is 357 g/mol. The average Bonchev–Trinajstić information content (AvgIpc) is 2.36. The Morgan fingerprint density at radius 1 is 1.35 bits per heavy atom. The molecule has 0 radical (unpaired) electrons. The Morgan fingerprint density at radius 2 is 2.06 bits per heavy atom. The fraction of sp³-hybridized carbons (Fsp3) is 0.167. The number of rotatable bonds is 2. The molecule has 0 spiro atoms. The lowest BCUT2D eigenvalue weighted by Crippen LogP contribution is -2.07. The van der Waals surface area contributed by atoms with Gasteiger partial charge in [0.05, 0.1) is 23.9 Å². The number of fused-ring (bicyclic) bond motifs is 1. The summed E-state index contributed by atoms with van der Waals surface area (Å²) in [5.74, 6) is -0.387. The van der Waals surface area contributed by atoms with Crippen LogP contribution >= 0.6 is 31.9 Å². The summed E-state index contributed by atoms with van der Waals surface area (Å²) < 4.78 is 4.57. The number of nitrogens with zero attached hydrogens (tertiary/aromatic N) is 1. The van der Waals surface area contributed by atoms with Crippen molar-refractivity contribution in [2.75, 3.05) is 7.11 Å². The molecule has 5 heteroatoms. The van der Waals surface area contributed by atoms with Crippen LogP contribution in [0.5, 0.6) is 0 Å². The third-order valence-corrected chi connectivity index (χ3v) is 3.23. The van der Waals surface area contributed by atoms with Crippen LogP contribution in [0.3, 0.4) is 0 Å². The summed E-state index contributed by atoms with van der Waals surface area (Å²) in [4.78, 5) is 16.1. The Bertz CT molecular complexity index is 569. The first kappa shape index (κ1) is 12.5. The average molecular weight is 359 g/mol. The number of ether oxygens (including phenoxy) is 1. The molecule has 0 saturated carbocycles. The second kappa shape index (κ2) is 5.14. The van der Waals surface area contributed by atoms with Gasteiger partial charge in [-0.25, -0.2) is 9.78 Å². The molecule has 2 aromatic rings. The van der Waals surface area contributed by atoms with Crippen LogP contribution in [0, 0.1) is 0 Å². The number of hydrogen-bond donors (Lipinski definition) is 0. The van der Waals surface area contributed by atoms with Crippen molar-refractivity contribution >= 4 is 48.7 Å². The Morgan fingerprint density at radius 3 is 2.71 bits per heavy atom. The Labute approximate surface area is 115 Å². The molecule has 2 rings (SSSR count). The molecule has 17 heavy (non-hydrogen) atoms. The molecule has 0 amide bonds. The predicted molar refractivity (Wildman–Crippen MR) is 73.7 cm³/mol. The Hall–Kier alpha value is -0.940. The normalized spacial score (nSPS) is 10.8. The van der Waals surface area contributed by atoms with E-state index >= 15 is 0 Å². The molecular formula is C12H9Br2NO2. The minimum atomic E-state index is -0.387. The number of carbonyl (C=O) groups excluding carboxylic acids is 1. The van der Waals surface area contributed by atoms with Crippen molar-refractivity contribution in [1.82, 2.24) is 4.98 Å². The summed E-state index contributed by atoms with van der Waals surface area (Å²) >= 11 is 6.73. The highest BCUT2D eigenvalue weighted by Gasteiger charge is 2.18. The number of para-hydroxylation sites is 1. The van der Waals surface area contributed by atoms with Crippen LogP contribution < -0.4 is 0 Å². The second-order valence-corrected chi connectivity index (χ2v) is 6.47. The maximum atomic E-state index is 11.7. The maximum Gasteiger partial charge on any atom is 0.339 e. The number of methoxy groups -OCH3 is 1. The zero-order valence-electron chi connectivity index (χ0n) is 8.98. The SMILES string of the molecule is COC(=O)c1cc2ccccc2nc1C(Br)Br. The maximum absolute atomic E-state index is 11.7. The first-order valence-electron chi connectivity index (χ1n) is 4.89. The number of esters is 1. The lowest BCUT2D eigenvalue weighted by Gasteiger charge is -2.09. The van der Waals surface area contributed by atoms with Gasteiger partial charge in [-0.1, -0.05) is 50.1 Å².